The number of aromatic nitrogens is 1. The van der Waals surface area contributed by atoms with Gasteiger partial charge in [0.2, 0.25) is 0 Å². The quantitative estimate of drug-likeness (QED) is 0.720. The van der Waals surface area contributed by atoms with Crippen LogP contribution in [0.4, 0.5) is 5.13 Å². The Hall–Kier alpha value is -1.69. The fraction of sp³-hybridized carbons (Fsp3) is 0.125. The van der Waals surface area contributed by atoms with Crippen LogP contribution in [0.15, 0.2) is 42.6 Å². The van der Waals surface area contributed by atoms with Gasteiger partial charge >= 0.3 is 0 Å². The molecule has 0 unspecified atom stereocenters. The van der Waals surface area contributed by atoms with Crippen LogP contribution >= 0.6 is 34.3 Å². The second kappa shape index (κ2) is 6.60. The molecule has 0 bridgehead atoms. The largest absolute Gasteiger partial charge is 0.297 e. The summed E-state index contributed by atoms with van der Waals surface area (Å²) >= 11 is 9.11. The van der Waals surface area contributed by atoms with Crippen LogP contribution in [-0.4, -0.2) is 10.9 Å². The molecule has 22 heavy (non-hydrogen) atoms. The molecule has 0 saturated heterocycles. The summed E-state index contributed by atoms with van der Waals surface area (Å²) in [7, 11) is 0. The molecule has 0 spiro atoms. The molecule has 3 aromatic rings. The molecule has 2 aromatic heterocycles. The van der Waals surface area contributed by atoms with E-state index in [1.165, 1.54) is 22.7 Å². The lowest BCUT2D eigenvalue weighted by atomic mass is 10.1. The maximum atomic E-state index is 12.1. The number of amides is 1. The van der Waals surface area contributed by atoms with Crippen LogP contribution in [0.5, 0.6) is 0 Å². The molecular formula is C16H13ClN2OS2. The third-order valence-electron chi connectivity index (χ3n) is 3.06. The van der Waals surface area contributed by atoms with Crippen molar-refractivity contribution in [2.24, 2.45) is 0 Å². The van der Waals surface area contributed by atoms with Gasteiger partial charge in [-0.3, -0.25) is 10.1 Å². The number of halogens is 1. The van der Waals surface area contributed by atoms with Crippen LogP contribution in [0.2, 0.25) is 5.02 Å². The monoisotopic (exact) mass is 348 g/mol. The number of carbonyl (C=O) groups is 1. The number of anilines is 1. The second-order valence-corrected chi connectivity index (χ2v) is 7.57. The van der Waals surface area contributed by atoms with Gasteiger partial charge < -0.3 is 0 Å². The average Bonchev–Trinajstić information content (AvgIpc) is 3.11. The lowest BCUT2D eigenvalue weighted by molar-refractivity contribution is 0.103. The van der Waals surface area contributed by atoms with E-state index in [0.29, 0.717) is 16.4 Å². The van der Waals surface area contributed by atoms with Gasteiger partial charge in [0.15, 0.2) is 5.13 Å². The summed E-state index contributed by atoms with van der Waals surface area (Å²) in [5, 5.41) is 4.19. The Bertz CT molecular complexity index is 810. The number of thiophene rings is 1. The number of nitrogens with zero attached hydrogens (tertiary/aromatic N) is 1. The summed E-state index contributed by atoms with van der Waals surface area (Å²) in [4.78, 5) is 19.2. The van der Waals surface area contributed by atoms with Crippen molar-refractivity contribution in [3.05, 3.63) is 67.8 Å². The maximum absolute atomic E-state index is 12.1. The minimum absolute atomic E-state index is 0.114. The van der Waals surface area contributed by atoms with E-state index in [1.807, 2.05) is 43.3 Å². The highest BCUT2D eigenvalue weighted by Gasteiger charge is 2.11. The highest BCUT2D eigenvalue weighted by atomic mass is 35.5. The number of thiazole rings is 1. The number of hydrogen-bond acceptors (Lipinski definition) is 4. The molecule has 1 aromatic carbocycles. The van der Waals surface area contributed by atoms with Crippen molar-refractivity contribution < 1.29 is 4.79 Å². The van der Waals surface area contributed by atoms with Crippen molar-refractivity contribution >= 4 is 45.3 Å². The Kier molecular flexibility index (Phi) is 4.57. The Morgan fingerprint density at radius 2 is 2.05 bits per heavy atom. The number of hydrogen-bond donors (Lipinski definition) is 1. The highest BCUT2D eigenvalue weighted by Crippen LogP contribution is 2.25. The lowest BCUT2D eigenvalue weighted by Gasteiger charge is -2.01. The van der Waals surface area contributed by atoms with E-state index < -0.39 is 0 Å². The third-order valence-corrected chi connectivity index (χ3v) is 5.34. The predicted molar refractivity (Wildman–Crippen MR) is 93.4 cm³/mol. The first-order chi connectivity index (χ1) is 10.6. The van der Waals surface area contributed by atoms with Crippen molar-refractivity contribution in [1.29, 1.82) is 0 Å². The van der Waals surface area contributed by atoms with E-state index in [2.05, 4.69) is 10.3 Å². The molecular weight excluding hydrogens is 336 g/mol. The molecule has 3 nitrogen and oxygen atoms in total. The van der Waals surface area contributed by atoms with Crippen molar-refractivity contribution in [2.75, 3.05) is 5.32 Å². The van der Waals surface area contributed by atoms with Crippen molar-refractivity contribution in [3.63, 3.8) is 0 Å². The standard InChI is InChI=1S/C16H13ClN2OS2/c1-10-6-7-14(21-10)15(20)19-16-18-9-12(22-16)8-11-4-2-3-5-13(11)17/h2-7,9H,8H2,1H3,(H,18,19,20). The summed E-state index contributed by atoms with van der Waals surface area (Å²) in [6.45, 7) is 1.98. The molecule has 0 atom stereocenters. The number of carbonyl (C=O) groups excluding carboxylic acids is 1. The lowest BCUT2D eigenvalue weighted by Crippen LogP contribution is -2.09. The first-order valence-electron chi connectivity index (χ1n) is 6.68. The zero-order chi connectivity index (χ0) is 15.5. The molecule has 3 rings (SSSR count). The normalized spacial score (nSPS) is 10.6. The van der Waals surface area contributed by atoms with Gasteiger partial charge in [-0.2, -0.15) is 0 Å². The minimum Gasteiger partial charge on any atom is -0.297 e. The van der Waals surface area contributed by atoms with E-state index in [9.17, 15) is 4.79 Å². The SMILES string of the molecule is Cc1ccc(C(=O)Nc2ncc(Cc3ccccc3Cl)s2)s1. The van der Waals surface area contributed by atoms with E-state index in [0.717, 1.165) is 20.3 Å². The Balaban J connectivity index is 1.69. The fourth-order valence-electron chi connectivity index (χ4n) is 1.99. The fourth-order valence-corrected chi connectivity index (χ4v) is 3.79. The first-order valence-corrected chi connectivity index (χ1v) is 8.69. The molecule has 1 N–H and O–H groups in total. The molecule has 0 aliphatic carbocycles. The summed E-state index contributed by atoms with van der Waals surface area (Å²) in [6, 6.07) is 11.5. The van der Waals surface area contributed by atoms with Gasteiger partial charge in [0.05, 0.1) is 4.88 Å². The van der Waals surface area contributed by atoms with Crippen LogP contribution in [0.25, 0.3) is 0 Å². The molecule has 0 saturated carbocycles. The summed E-state index contributed by atoms with van der Waals surface area (Å²) in [6.07, 6.45) is 2.49. The van der Waals surface area contributed by atoms with Crippen LogP contribution in [-0.2, 0) is 6.42 Å². The molecule has 2 heterocycles. The Morgan fingerprint density at radius 3 is 2.77 bits per heavy atom. The smallest absolute Gasteiger partial charge is 0.267 e. The number of benzene rings is 1. The zero-order valence-electron chi connectivity index (χ0n) is 11.8. The molecule has 0 aliphatic heterocycles. The summed E-state index contributed by atoms with van der Waals surface area (Å²) in [5.41, 5.74) is 1.06. The van der Waals surface area contributed by atoms with Gasteiger partial charge in [-0.15, -0.1) is 22.7 Å². The third kappa shape index (κ3) is 3.55. The Morgan fingerprint density at radius 1 is 1.23 bits per heavy atom. The van der Waals surface area contributed by atoms with Gasteiger partial charge in [-0.05, 0) is 30.7 Å². The average molecular weight is 349 g/mol. The number of rotatable bonds is 4. The van der Waals surface area contributed by atoms with Crippen LogP contribution in [0.1, 0.15) is 25.0 Å². The van der Waals surface area contributed by atoms with Gasteiger partial charge in [-0.1, -0.05) is 29.8 Å². The van der Waals surface area contributed by atoms with Gasteiger partial charge in [0.25, 0.3) is 5.91 Å². The predicted octanol–water partition coefficient (Wildman–Crippen LogP) is 5.01. The minimum atomic E-state index is -0.114. The number of aryl methyl sites for hydroxylation is 1. The molecule has 0 aliphatic rings. The molecule has 6 heteroatoms. The van der Waals surface area contributed by atoms with E-state index in [-0.39, 0.29) is 5.91 Å². The van der Waals surface area contributed by atoms with E-state index >= 15 is 0 Å². The Labute approximate surface area is 141 Å². The molecule has 112 valence electrons. The number of nitrogens with one attached hydrogen (secondary N) is 1. The molecule has 1 amide bonds. The molecule has 0 radical (unpaired) electrons. The van der Waals surface area contributed by atoms with Crippen LogP contribution in [0.3, 0.4) is 0 Å². The second-order valence-electron chi connectivity index (χ2n) is 4.76. The van der Waals surface area contributed by atoms with Gasteiger partial charge in [-0.25, -0.2) is 4.98 Å². The van der Waals surface area contributed by atoms with Crippen molar-refractivity contribution in [1.82, 2.24) is 4.98 Å². The topological polar surface area (TPSA) is 42.0 Å². The van der Waals surface area contributed by atoms with E-state index in [4.69, 9.17) is 11.6 Å². The van der Waals surface area contributed by atoms with Gasteiger partial charge in [0.1, 0.15) is 0 Å². The highest BCUT2D eigenvalue weighted by molar-refractivity contribution is 7.16. The van der Waals surface area contributed by atoms with Crippen LogP contribution < -0.4 is 5.32 Å². The summed E-state index contributed by atoms with van der Waals surface area (Å²) in [5.74, 6) is -0.114. The van der Waals surface area contributed by atoms with Crippen molar-refractivity contribution in [3.8, 4) is 0 Å². The van der Waals surface area contributed by atoms with Crippen LogP contribution in [0, 0.1) is 6.92 Å². The maximum Gasteiger partial charge on any atom is 0.267 e. The van der Waals surface area contributed by atoms with Crippen molar-refractivity contribution in [2.45, 2.75) is 13.3 Å². The zero-order valence-corrected chi connectivity index (χ0v) is 14.2. The first kappa shape index (κ1) is 15.2. The van der Waals surface area contributed by atoms with Gasteiger partial charge in [0, 0.05) is 27.4 Å². The summed E-state index contributed by atoms with van der Waals surface area (Å²) < 4.78 is 0. The molecule has 0 fully saturated rings. The van der Waals surface area contributed by atoms with E-state index in [1.54, 1.807) is 6.20 Å².